The first-order chi connectivity index (χ1) is 15.0. The van der Waals surface area contributed by atoms with E-state index >= 15 is 0 Å². The molecule has 0 fully saturated rings. The molecule has 1 N–H and O–H groups in total. The SMILES string of the molecule is O=C(NCc1ccc(F)c(OCc2cccc(F)c2)c1F)c1ccc2ncccc2c1. The third-order valence-electron chi connectivity index (χ3n) is 4.71. The summed E-state index contributed by atoms with van der Waals surface area (Å²) in [5.74, 6) is -3.25. The summed E-state index contributed by atoms with van der Waals surface area (Å²) in [6.45, 7) is -0.362. The number of halogens is 3. The lowest BCUT2D eigenvalue weighted by atomic mass is 10.1. The van der Waals surface area contributed by atoms with Crippen molar-refractivity contribution >= 4 is 16.8 Å². The van der Waals surface area contributed by atoms with Crippen LogP contribution in [-0.4, -0.2) is 10.9 Å². The predicted molar refractivity (Wildman–Crippen MR) is 110 cm³/mol. The van der Waals surface area contributed by atoms with E-state index in [1.165, 1.54) is 24.3 Å². The number of amides is 1. The molecule has 0 spiro atoms. The van der Waals surface area contributed by atoms with Crippen molar-refractivity contribution in [3.05, 3.63) is 107 Å². The third kappa shape index (κ3) is 4.66. The normalized spacial score (nSPS) is 10.8. The number of fused-ring (bicyclic) bond motifs is 1. The number of nitrogens with one attached hydrogen (secondary N) is 1. The highest BCUT2D eigenvalue weighted by atomic mass is 19.1. The third-order valence-corrected chi connectivity index (χ3v) is 4.71. The fraction of sp³-hybridized carbons (Fsp3) is 0.0833. The molecule has 1 heterocycles. The Hall–Kier alpha value is -3.87. The number of benzene rings is 3. The van der Waals surface area contributed by atoms with Crippen LogP contribution in [0.5, 0.6) is 5.75 Å². The standard InChI is InChI=1S/C24H17F3N2O2/c25-19-5-1-3-15(11-19)14-31-23-20(26)8-6-18(22(23)27)13-29-24(30)17-7-9-21-16(12-17)4-2-10-28-21/h1-12H,13-14H2,(H,29,30). The van der Waals surface area contributed by atoms with Crippen LogP contribution in [0, 0.1) is 17.5 Å². The van der Waals surface area contributed by atoms with Crippen molar-refractivity contribution in [2.45, 2.75) is 13.2 Å². The van der Waals surface area contributed by atoms with Gasteiger partial charge in [-0.25, -0.2) is 13.2 Å². The summed E-state index contributed by atoms with van der Waals surface area (Å²) < 4.78 is 47.4. The number of aromatic nitrogens is 1. The first-order valence-electron chi connectivity index (χ1n) is 9.48. The molecule has 0 aliphatic rings. The van der Waals surface area contributed by atoms with E-state index in [0.29, 0.717) is 11.1 Å². The van der Waals surface area contributed by atoms with E-state index in [1.807, 2.05) is 6.07 Å². The minimum atomic E-state index is -0.917. The van der Waals surface area contributed by atoms with Gasteiger partial charge in [-0.1, -0.05) is 24.3 Å². The van der Waals surface area contributed by atoms with E-state index in [9.17, 15) is 18.0 Å². The minimum absolute atomic E-state index is 0.0615. The van der Waals surface area contributed by atoms with Crippen molar-refractivity contribution in [1.29, 1.82) is 0 Å². The Bertz CT molecular complexity index is 1260. The Labute approximate surface area is 176 Å². The molecule has 0 radical (unpaired) electrons. The number of rotatable bonds is 6. The molecule has 7 heteroatoms. The summed E-state index contributed by atoms with van der Waals surface area (Å²) in [5, 5.41) is 3.42. The van der Waals surface area contributed by atoms with Crippen molar-refractivity contribution in [1.82, 2.24) is 10.3 Å². The highest BCUT2D eigenvalue weighted by Gasteiger charge is 2.16. The maximum atomic E-state index is 14.8. The zero-order valence-electron chi connectivity index (χ0n) is 16.2. The van der Waals surface area contributed by atoms with Gasteiger partial charge in [0.1, 0.15) is 12.4 Å². The summed E-state index contributed by atoms with van der Waals surface area (Å²) in [6, 6.07) is 16.5. The van der Waals surface area contributed by atoms with Gasteiger partial charge in [0.2, 0.25) is 0 Å². The van der Waals surface area contributed by atoms with Crippen molar-refractivity contribution in [3.8, 4) is 5.75 Å². The molecular weight excluding hydrogens is 405 g/mol. The zero-order valence-corrected chi connectivity index (χ0v) is 16.2. The lowest BCUT2D eigenvalue weighted by Gasteiger charge is -2.12. The predicted octanol–water partition coefficient (Wildman–Crippen LogP) is 5.16. The van der Waals surface area contributed by atoms with Gasteiger partial charge >= 0.3 is 0 Å². The summed E-state index contributed by atoms with van der Waals surface area (Å²) in [5.41, 5.74) is 1.64. The second-order valence-electron chi connectivity index (χ2n) is 6.86. The minimum Gasteiger partial charge on any atom is -0.483 e. The van der Waals surface area contributed by atoms with Gasteiger partial charge in [-0.05, 0) is 48.0 Å². The molecule has 0 aliphatic carbocycles. The van der Waals surface area contributed by atoms with E-state index in [-0.39, 0.29) is 18.7 Å². The van der Waals surface area contributed by atoms with Gasteiger partial charge in [0, 0.05) is 29.3 Å². The maximum absolute atomic E-state index is 14.8. The van der Waals surface area contributed by atoms with E-state index in [1.54, 1.807) is 36.5 Å². The topological polar surface area (TPSA) is 51.2 Å². The first kappa shape index (κ1) is 20.4. The molecule has 4 nitrogen and oxygen atoms in total. The van der Waals surface area contributed by atoms with Gasteiger partial charge in [0.25, 0.3) is 5.91 Å². The summed E-state index contributed by atoms with van der Waals surface area (Å²) in [6.07, 6.45) is 1.66. The average molecular weight is 422 g/mol. The van der Waals surface area contributed by atoms with Gasteiger partial charge in [-0.2, -0.15) is 0 Å². The van der Waals surface area contributed by atoms with E-state index < -0.39 is 29.1 Å². The quantitative estimate of drug-likeness (QED) is 0.467. The highest BCUT2D eigenvalue weighted by molar-refractivity contribution is 5.97. The Balaban J connectivity index is 1.46. The van der Waals surface area contributed by atoms with Crippen molar-refractivity contribution < 1.29 is 22.7 Å². The van der Waals surface area contributed by atoms with Gasteiger partial charge in [0.05, 0.1) is 5.52 Å². The Kier molecular flexibility index (Phi) is 5.84. The lowest BCUT2D eigenvalue weighted by molar-refractivity contribution is 0.0950. The Morgan fingerprint density at radius 1 is 0.968 bits per heavy atom. The maximum Gasteiger partial charge on any atom is 0.251 e. The number of hydrogen-bond donors (Lipinski definition) is 1. The van der Waals surface area contributed by atoms with Crippen molar-refractivity contribution in [2.24, 2.45) is 0 Å². The molecule has 0 bridgehead atoms. The van der Waals surface area contributed by atoms with Gasteiger partial charge in [-0.15, -0.1) is 0 Å². The number of ether oxygens (including phenoxy) is 1. The van der Waals surface area contributed by atoms with E-state index in [2.05, 4.69) is 10.3 Å². The largest absolute Gasteiger partial charge is 0.483 e. The molecule has 0 unspecified atom stereocenters. The average Bonchev–Trinajstić information content (AvgIpc) is 2.78. The number of carbonyl (C=O) groups is 1. The van der Waals surface area contributed by atoms with Crippen LogP contribution in [0.1, 0.15) is 21.5 Å². The van der Waals surface area contributed by atoms with Crippen LogP contribution >= 0.6 is 0 Å². The molecule has 4 rings (SSSR count). The molecule has 31 heavy (non-hydrogen) atoms. The van der Waals surface area contributed by atoms with Gasteiger partial charge in [-0.3, -0.25) is 9.78 Å². The number of nitrogens with zero attached hydrogens (tertiary/aromatic N) is 1. The summed E-state index contributed by atoms with van der Waals surface area (Å²) in [7, 11) is 0. The molecule has 156 valence electrons. The zero-order chi connectivity index (χ0) is 21.8. The molecule has 0 aliphatic heterocycles. The van der Waals surface area contributed by atoms with Crippen LogP contribution < -0.4 is 10.1 Å². The fourth-order valence-corrected chi connectivity index (χ4v) is 3.12. The molecular formula is C24H17F3N2O2. The van der Waals surface area contributed by atoms with Crippen molar-refractivity contribution in [3.63, 3.8) is 0 Å². The first-order valence-corrected chi connectivity index (χ1v) is 9.48. The molecule has 1 aromatic heterocycles. The summed E-state index contributed by atoms with van der Waals surface area (Å²) >= 11 is 0. The second-order valence-corrected chi connectivity index (χ2v) is 6.86. The smallest absolute Gasteiger partial charge is 0.251 e. The van der Waals surface area contributed by atoms with Crippen LogP contribution in [0.15, 0.2) is 72.9 Å². The monoisotopic (exact) mass is 422 g/mol. The lowest BCUT2D eigenvalue weighted by Crippen LogP contribution is -2.23. The fourth-order valence-electron chi connectivity index (χ4n) is 3.12. The second kappa shape index (κ2) is 8.87. The number of carbonyl (C=O) groups excluding carboxylic acids is 1. The van der Waals surface area contributed by atoms with Crippen LogP contribution in [0.2, 0.25) is 0 Å². The van der Waals surface area contributed by atoms with Crippen LogP contribution in [0.4, 0.5) is 13.2 Å². The van der Waals surface area contributed by atoms with Gasteiger partial charge < -0.3 is 10.1 Å². The number of hydrogen-bond acceptors (Lipinski definition) is 3. The molecule has 1 amide bonds. The van der Waals surface area contributed by atoms with Crippen LogP contribution in [0.25, 0.3) is 10.9 Å². The molecule has 0 atom stereocenters. The van der Waals surface area contributed by atoms with Crippen LogP contribution in [-0.2, 0) is 13.2 Å². The number of pyridine rings is 1. The summed E-state index contributed by atoms with van der Waals surface area (Å²) in [4.78, 5) is 16.7. The Morgan fingerprint density at radius 2 is 1.84 bits per heavy atom. The Morgan fingerprint density at radius 3 is 2.68 bits per heavy atom. The molecule has 0 saturated heterocycles. The van der Waals surface area contributed by atoms with E-state index in [0.717, 1.165) is 17.0 Å². The van der Waals surface area contributed by atoms with Crippen LogP contribution in [0.3, 0.4) is 0 Å². The molecule has 0 saturated carbocycles. The van der Waals surface area contributed by atoms with Crippen molar-refractivity contribution in [2.75, 3.05) is 0 Å². The molecule has 4 aromatic rings. The van der Waals surface area contributed by atoms with E-state index in [4.69, 9.17) is 4.74 Å². The molecule has 3 aromatic carbocycles. The highest BCUT2D eigenvalue weighted by Crippen LogP contribution is 2.26. The van der Waals surface area contributed by atoms with Gasteiger partial charge in [0.15, 0.2) is 17.4 Å².